The molecular formula is C14H19NO2. The van der Waals surface area contributed by atoms with Gasteiger partial charge in [-0.2, -0.15) is 0 Å². The van der Waals surface area contributed by atoms with Gasteiger partial charge in [-0.3, -0.25) is 4.90 Å². The molecule has 0 radical (unpaired) electrons. The number of hydrogen-bond acceptors (Lipinski definition) is 3. The van der Waals surface area contributed by atoms with E-state index in [4.69, 9.17) is 9.47 Å². The van der Waals surface area contributed by atoms with E-state index < -0.39 is 0 Å². The van der Waals surface area contributed by atoms with Crippen molar-refractivity contribution in [2.45, 2.75) is 25.0 Å². The van der Waals surface area contributed by atoms with Crippen molar-refractivity contribution in [1.29, 1.82) is 0 Å². The summed E-state index contributed by atoms with van der Waals surface area (Å²) in [4.78, 5) is 2.43. The third kappa shape index (κ3) is 1.83. The molecule has 3 rings (SSSR count). The number of benzene rings is 1. The molecule has 1 heterocycles. The second kappa shape index (κ2) is 4.31. The van der Waals surface area contributed by atoms with Gasteiger partial charge in [0.25, 0.3) is 0 Å². The highest BCUT2D eigenvalue weighted by Crippen LogP contribution is 2.33. The minimum Gasteiger partial charge on any atom is -0.496 e. The van der Waals surface area contributed by atoms with Gasteiger partial charge in [0.15, 0.2) is 0 Å². The minimum atomic E-state index is 0.331. The Morgan fingerprint density at radius 1 is 1.35 bits per heavy atom. The van der Waals surface area contributed by atoms with Gasteiger partial charge in [-0.15, -0.1) is 0 Å². The number of rotatable bonds is 1. The summed E-state index contributed by atoms with van der Waals surface area (Å²) < 4.78 is 11.4. The molecule has 0 saturated carbocycles. The first-order chi connectivity index (χ1) is 8.29. The van der Waals surface area contributed by atoms with E-state index in [0.29, 0.717) is 12.1 Å². The monoisotopic (exact) mass is 233 g/mol. The average molecular weight is 233 g/mol. The summed E-state index contributed by atoms with van der Waals surface area (Å²) in [6, 6.07) is 6.88. The van der Waals surface area contributed by atoms with Crippen LogP contribution in [0.2, 0.25) is 0 Å². The Bertz CT molecular complexity index is 419. The van der Waals surface area contributed by atoms with Crippen molar-refractivity contribution in [3.63, 3.8) is 0 Å². The second-order valence-corrected chi connectivity index (χ2v) is 4.96. The predicted octanol–water partition coefficient (Wildman–Crippen LogP) is 1.49. The van der Waals surface area contributed by atoms with Gasteiger partial charge in [0.1, 0.15) is 5.75 Å². The molecule has 17 heavy (non-hydrogen) atoms. The van der Waals surface area contributed by atoms with Crippen molar-refractivity contribution < 1.29 is 9.47 Å². The lowest BCUT2D eigenvalue weighted by Gasteiger charge is -2.42. The molecule has 2 aliphatic rings. The highest BCUT2D eigenvalue weighted by molar-refractivity contribution is 5.43. The molecule has 1 aliphatic carbocycles. The van der Waals surface area contributed by atoms with E-state index >= 15 is 0 Å². The van der Waals surface area contributed by atoms with Gasteiger partial charge in [-0.1, -0.05) is 12.1 Å². The number of likely N-dealkylation sites (N-methyl/N-ethyl adjacent to an activating group) is 1. The molecule has 0 N–H and O–H groups in total. The zero-order valence-corrected chi connectivity index (χ0v) is 10.5. The predicted molar refractivity (Wildman–Crippen MR) is 66.6 cm³/mol. The smallest absolute Gasteiger partial charge is 0.122 e. The first-order valence-corrected chi connectivity index (χ1v) is 6.26. The number of fused-ring (bicyclic) bond motifs is 2. The van der Waals surface area contributed by atoms with E-state index in [1.807, 2.05) is 6.07 Å². The number of nitrogens with zero attached hydrogens (tertiary/aromatic N) is 1. The lowest BCUT2D eigenvalue weighted by molar-refractivity contribution is -0.0646. The van der Waals surface area contributed by atoms with Gasteiger partial charge in [0.2, 0.25) is 0 Å². The maximum atomic E-state index is 5.91. The topological polar surface area (TPSA) is 21.7 Å². The Morgan fingerprint density at radius 3 is 3.06 bits per heavy atom. The molecule has 1 aromatic carbocycles. The number of morpholine rings is 1. The van der Waals surface area contributed by atoms with Crippen LogP contribution in [0.15, 0.2) is 18.2 Å². The Kier molecular flexibility index (Phi) is 2.81. The molecule has 0 amide bonds. The van der Waals surface area contributed by atoms with Crippen LogP contribution in [0.25, 0.3) is 0 Å². The van der Waals surface area contributed by atoms with Gasteiger partial charge < -0.3 is 9.47 Å². The third-order valence-corrected chi connectivity index (χ3v) is 4.06. The second-order valence-electron chi connectivity index (χ2n) is 4.96. The Balaban J connectivity index is 1.95. The molecule has 2 atom stereocenters. The molecule has 0 bridgehead atoms. The number of methoxy groups -OCH3 is 1. The van der Waals surface area contributed by atoms with E-state index in [1.54, 1.807) is 7.11 Å². The summed E-state index contributed by atoms with van der Waals surface area (Å²) in [5.41, 5.74) is 2.76. The lowest BCUT2D eigenvalue weighted by Crippen LogP contribution is -2.53. The molecular weight excluding hydrogens is 214 g/mol. The van der Waals surface area contributed by atoms with E-state index in [2.05, 4.69) is 24.1 Å². The normalized spacial score (nSPS) is 28.4. The highest BCUT2D eigenvalue weighted by Gasteiger charge is 2.35. The van der Waals surface area contributed by atoms with Crippen LogP contribution in [0.1, 0.15) is 11.1 Å². The number of hydrogen-bond donors (Lipinski definition) is 0. The van der Waals surface area contributed by atoms with E-state index in [-0.39, 0.29) is 0 Å². The zero-order valence-electron chi connectivity index (χ0n) is 10.5. The van der Waals surface area contributed by atoms with Crippen molar-refractivity contribution in [2.75, 3.05) is 27.3 Å². The Labute approximate surface area is 102 Å². The van der Waals surface area contributed by atoms with Gasteiger partial charge in [0, 0.05) is 19.0 Å². The quantitative estimate of drug-likeness (QED) is 0.733. The van der Waals surface area contributed by atoms with Crippen LogP contribution in [0, 0.1) is 0 Å². The first-order valence-electron chi connectivity index (χ1n) is 6.26. The maximum Gasteiger partial charge on any atom is 0.122 e. The molecule has 1 aromatic rings. The standard InChI is InChI=1S/C14H19NO2/c1-15-6-7-17-14-9-11-10(8-12(14)15)4-3-5-13(11)16-2/h3-5,12,14H,6-9H2,1-2H3/t12?,14-/m0/s1. The lowest BCUT2D eigenvalue weighted by atomic mass is 9.84. The molecule has 1 saturated heterocycles. The fourth-order valence-electron chi connectivity index (χ4n) is 3.04. The highest BCUT2D eigenvalue weighted by atomic mass is 16.5. The Hall–Kier alpha value is -1.06. The van der Waals surface area contributed by atoms with Crippen molar-refractivity contribution >= 4 is 0 Å². The van der Waals surface area contributed by atoms with Gasteiger partial charge in [-0.05, 0) is 30.7 Å². The average Bonchev–Trinajstić information content (AvgIpc) is 2.36. The van der Waals surface area contributed by atoms with E-state index in [0.717, 1.165) is 31.7 Å². The van der Waals surface area contributed by atoms with E-state index in [1.165, 1.54) is 11.1 Å². The maximum absolute atomic E-state index is 5.91. The largest absolute Gasteiger partial charge is 0.496 e. The third-order valence-electron chi connectivity index (χ3n) is 4.06. The minimum absolute atomic E-state index is 0.331. The molecule has 3 nitrogen and oxygen atoms in total. The zero-order chi connectivity index (χ0) is 11.8. The van der Waals surface area contributed by atoms with Crippen LogP contribution in [0.3, 0.4) is 0 Å². The molecule has 0 aromatic heterocycles. The van der Waals surface area contributed by atoms with Gasteiger partial charge in [-0.25, -0.2) is 0 Å². The van der Waals surface area contributed by atoms with Crippen LogP contribution in [-0.2, 0) is 17.6 Å². The van der Waals surface area contributed by atoms with Crippen LogP contribution in [0.4, 0.5) is 0 Å². The van der Waals surface area contributed by atoms with Crippen molar-refractivity contribution in [3.05, 3.63) is 29.3 Å². The summed E-state index contributed by atoms with van der Waals surface area (Å²) in [5, 5.41) is 0. The summed E-state index contributed by atoms with van der Waals surface area (Å²) in [6.45, 7) is 1.89. The first kappa shape index (κ1) is 11.1. The van der Waals surface area contributed by atoms with Gasteiger partial charge in [0.05, 0.1) is 19.8 Å². The summed E-state index contributed by atoms with van der Waals surface area (Å²) in [7, 11) is 3.95. The molecule has 1 aliphatic heterocycles. The van der Waals surface area contributed by atoms with Crippen molar-refractivity contribution in [1.82, 2.24) is 4.90 Å². The van der Waals surface area contributed by atoms with Crippen LogP contribution >= 0.6 is 0 Å². The molecule has 1 fully saturated rings. The van der Waals surface area contributed by atoms with E-state index in [9.17, 15) is 0 Å². The summed E-state index contributed by atoms with van der Waals surface area (Å²) in [5.74, 6) is 1.01. The van der Waals surface area contributed by atoms with Crippen molar-refractivity contribution in [3.8, 4) is 5.75 Å². The SMILES string of the molecule is COc1cccc2c1C[C@@H]1OCCN(C)C1C2. The molecule has 92 valence electrons. The van der Waals surface area contributed by atoms with Crippen LogP contribution in [0.5, 0.6) is 5.75 Å². The summed E-state index contributed by atoms with van der Waals surface area (Å²) in [6.07, 6.45) is 2.39. The fraction of sp³-hybridized carbons (Fsp3) is 0.571. The van der Waals surface area contributed by atoms with Crippen LogP contribution in [-0.4, -0.2) is 44.4 Å². The number of ether oxygens (including phenoxy) is 2. The van der Waals surface area contributed by atoms with Crippen molar-refractivity contribution in [2.24, 2.45) is 0 Å². The molecule has 0 spiro atoms. The molecule has 3 heteroatoms. The van der Waals surface area contributed by atoms with Gasteiger partial charge >= 0.3 is 0 Å². The summed E-state index contributed by atoms with van der Waals surface area (Å²) >= 11 is 0. The fourth-order valence-corrected chi connectivity index (χ4v) is 3.04. The Morgan fingerprint density at radius 2 is 2.24 bits per heavy atom. The van der Waals surface area contributed by atoms with Crippen LogP contribution < -0.4 is 4.74 Å². The molecule has 1 unspecified atom stereocenters.